The Morgan fingerprint density at radius 3 is 2.50 bits per heavy atom. The SMILES string of the molecule is CC1(C#C[Si](C)(C)C)C=CC(I)=CC1. The summed E-state index contributed by atoms with van der Waals surface area (Å²) < 4.78 is 1.33. The number of rotatable bonds is 0. The molecular weight excluding hydrogens is 299 g/mol. The van der Waals surface area contributed by atoms with Crippen molar-refractivity contribution in [3.05, 3.63) is 21.8 Å². The van der Waals surface area contributed by atoms with Gasteiger partial charge in [0, 0.05) is 8.99 Å². The van der Waals surface area contributed by atoms with Crippen molar-refractivity contribution in [3.63, 3.8) is 0 Å². The van der Waals surface area contributed by atoms with Crippen molar-refractivity contribution in [2.75, 3.05) is 0 Å². The lowest BCUT2D eigenvalue weighted by Crippen LogP contribution is -2.19. The predicted molar refractivity (Wildman–Crippen MR) is 75.1 cm³/mol. The molecular formula is C12H17ISi. The average molecular weight is 316 g/mol. The van der Waals surface area contributed by atoms with Crippen LogP contribution in [0.2, 0.25) is 19.6 Å². The molecule has 0 bridgehead atoms. The zero-order valence-electron chi connectivity index (χ0n) is 9.32. The maximum atomic E-state index is 3.45. The summed E-state index contributed by atoms with van der Waals surface area (Å²) in [5.41, 5.74) is 3.53. The second-order valence-corrected chi connectivity index (χ2v) is 11.0. The van der Waals surface area contributed by atoms with E-state index in [0.717, 1.165) is 6.42 Å². The first-order chi connectivity index (χ1) is 6.31. The monoisotopic (exact) mass is 316 g/mol. The van der Waals surface area contributed by atoms with Crippen molar-refractivity contribution in [3.8, 4) is 11.5 Å². The summed E-state index contributed by atoms with van der Waals surface area (Å²) in [4.78, 5) is 0. The quantitative estimate of drug-likeness (QED) is 0.358. The normalized spacial score (nSPS) is 26.5. The minimum Gasteiger partial charge on any atom is -0.131 e. The molecule has 0 saturated carbocycles. The van der Waals surface area contributed by atoms with Gasteiger partial charge in [-0.25, -0.2) is 0 Å². The number of halogens is 1. The van der Waals surface area contributed by atoms with Crippen LogP contribution in [0.3, 0.4) is 0 Å². The Balaban J connectivity index is 2.79. The van der Waals surface area contributed by atoms with Crippen molar-refractivity contribution < 1.29 is 0 Å². The van der Waals surface area contributed by atoms with Crippen molar-refractivity contribution in [2.24, 2.45) is 5.41 Å². The molecule has 0 aromatic rings. The van der Waals surface area contributed by atoms with Crippen molar-refractivity contribution in [1.82, 2.24) is 0 Å². The molecule has 0 aliphatic heterocycles. The Morgan fingerprint density at radius 1 is 1.43 bits per heavy atom. The molecule has 0 fully saturated rings. The zero-order valence-corrected chi connectivity index (χ0v) is 12.5. The van der Waals surface area contributed by atoms with Gasteiger partial charge in [-0.3, -0.25) is 0 Å². The van der Waals surface area contributed by atoms with E-state index in [2.05, 4.69) is 78.8 Å². The van der Waals surface area contributed by atoms with Crippen LogP contribution in [-0.2, 0) is 0 Å². The standard InChI is InChI=1S/C12H17ISi/c1-12(9-10-14(2,3)4)7-5-11(13)6-8-12/h5-7H,8H2,1-4H3. The Bertz CT molecular complexity index is 336. The lowest BCUT2D eigenvalue weighted by Gasteiger charge is -2.21. The van der Waals surface area contributed by atoms with Crippen LogP contribution in [-0.4, -0.2) is 8.07 Å². The molecule has 76 valence electrons. The minimum atomic E-state index is -1.22. The van der Waals surface area contributed by atoms with Gasteiger partial charge in [-0.2, -0.15) is 0 Å². The molecule has 1 aliphatic carbocycles. The maximum absolute atomic E-state index is 3.45. The van der Waals surface area contributed by atoms with E-state index < -0.39 is 8.07 Å². The highest BCUT2D eigenvalue weighted by molar-refractivity contribution is 14.1. The van der Waals surface area contributed by atoms with Gasteiger partial charge in [0.1, 0.15) is 8.07 Å². The van der Waals surface area contributed by atoms with Crippen LogP contribution >= 0.6 is 22.6 Å². The van der Waals surface area contributed by atoms with E-state index in [9.17, 15) is 0 Å². The number of hydrogen-bond acceptors (Lipinski definition) is 0. The van der Waals surface area contributed by atoms with E-state index in [0.29, 0.717) is 0 Å². The fourth-order valence-corrected chi connectivity index (χ4v) is 2.19. The summed E-state index contributed by atoms with van der Waals surface area (Å²) in [6.07, 6.45) is 7.73. The summed E-state index contributed by atoms with van der Waals surface area (Å²) >= 11 is 2.35. The fraction of sp³-hybridized carbons (Fsp3) is 0.500. The first kappa shape index (κ1) is 12.1. The van der Waals surface area contributed by atoms with E-state index in [1.54, 1.807) is 0 Å². The van der Waals surface area contributed by atoms with Crippen LogP contribution in [0.4, 0.5) is 0 Å². The van der Waals surface area contributed by atoms with Gasteiger partial charge < -0.3 is 0 Å². The highest BCUT2D eigenvalue weighted by Crippen LogP contribution is 2.30. The Labute approximate surface area is 102 Å². The summed E-state index contributed by atoms with van der Waals surface area (Å²) in [6, 6.07) is 0. The topological polar surface area (TPSA) is 0 Å². The first-order valence-electron chi connectivity index (χ1n) is 4.90. The molecule has 0 aromatic heterocycles. The molecule has 0 spiro atoms. The molecule has 1 atom stereocenters. The third kappa shape index (κ3) is 4.01. The van der Waals surface area contributed by atoms with Gasteiger partial charge in [0.2, 0.25) is 0 Å². The van der Waals surface area contributed by atoms with E-state index >= 15 is 0 Å². The number of allylic oxidation sites excluding steroid dienone is 4. The largest absolute Gasteiger partial charge is 0.131 e. The van der Waals surface area contributed by atoms with Gasteiger partial charge in [0.25, 0.3) is 0 Å². The second kappa shape index (κ2) is 4.24. The van der Waals surface area contributed by atoms with E-state index in [-0.39, 0.29) is 5.41 Å². The van der Waals surface area contributed by atoms with Gasteiger partial charge in [-0.05, 0) is 35.9 Å². The van der Waals surface area contributed by atoms with E-state index in [1.807, 2.05) is 0 Å². The molecule has 1 rings (SSSR count). The second-order valence-electron chi connectivity index (χ2n) is 5.04. The molecule has 14 heavy (non-hydrogen) atoms. The Hall–Kier alpha value is -0.0131. The molecule has 0 aromatic carbocycles. The molecule has 0 N–H and O–H groups in total. The Morgan fingerprint density at radius 2 is 2.07 bits per heavy atom. The van der Waals surface area contributed by atoms with Crippen molar-refractivity contribution in [2.45, 2.75) is 33.0 Å². The Kier molecular flexibility index (Phi) is 3.65. The van der Waals surface area contributed by atoms with Crippen LogP contribution in [0.1, 0.15) is 13.3 Å². The van der Waals surface area contributed by atoms with Gasteiger partial charge in [-0.15, -0.1) is 5.54 Å². The van der Waals surface area contributed by atoms with Crippen LogP contribution < -0.4 is 0 Å². The van der Waals surface area contributed by atoms with Gasteiger partial charge >= 0.3 is 0 Å². The van der Waals surface area contributed by atoms with Crippen LogP contribution in [0.25, 0.3) is 0 Å². The molecule has 1 aliphatic rings. The smallest absolute Gasteiger partial charge is 0.129 e. The molecule has 0 radical (unpaired) electrons. The van der Waals surface area contributed by atoms with Crippen molar-refractivity contribution >= 4 is 30.7 Å². The zero-order chi connectivity index (χ0) is 10.8. The van der Waals surface area contributed by atoms with E-state index in [1.165, 1.54) is 3.58 Å². The van der Waals surface area contributed by atoms with Crippen LogP contribution in [0.15, 0.2) is 21.8 Å². The highest BCUT2D eigenvalue weighted by Gasteiger charge is 2.20. The van der Waals surface area contributed by atoms with Crippen molar-refractivity contribution in [1.29, 1.82) is 0 Å². The lowest BCUT2D eigenvalue weighted by molar-refractivity contribution is 0.582. The minimum absolute atomic E-state index is 0.0783. The summed E-state index contributed by atoms with van der Waals surface area (Å²) in [6.45, 7) is 9.08. The van der Waals surface area contributed by atoms with Gasteiger partial charge in [-0.1, -0.05) is 43.8 Å². The maximum Gasteiger partial charge on any atom is 0.129 e. The average Bonchev–Trinajstić information content (AvgIpc) is 2.07. The molecule has 2 heteroatoms. The highest BCUT2D eigenvalue weighted by atomic mass is 127. The van der Waals surface area contributed by atoms with Gasteiger partial charge in [0.05, 0.1) is 0 Å². The van der Waals surface area contributed by atoms with Crippen LogP contribution in [0, 0.1) is 16.9 Å². The third-order valence-corrected chi connectivity index (χ3v) is 3.73. The molecule has 0 nitrogen and oxygen atoms in total. The number of hydrogen-bond donors (Lipinski definition) is 0. The molecule has 0 saturated heterocycles. The molecule has 0 amide bonds. The first-order valence-corrected chi connectivity index (χ1v) is 9.48. The van der Waals surface area contributed by atoms with Gasteiger partial charge in [0.15, 0.2) is 0 Å². The predicted octanol–water partition coefficient (Wildman–Crippen LogP) is 4.15. The molecule has 0 heterocycles. The van der Waals surface area contributed by atoms with E-state index in [4.69, 9.17) is 0 Å². The lowest BCUT2D eigenvalue weighted by atomic mass is 9.85. The molecule has 1 unspecified atom stereocenters. The van der Waals surface area contributed by atoms with Crippen LogP contribution in [0.5, 0.6) is 0 Å². The fourth-order valence-electron chi connectivity index (χ4n) is 1.13. The summed E-state index contributed by atoms with van der Waals surface area (Å²) in [7, 11) is -1.22. The summed E-state index contributed by atoms with van der Waals surface area (Å²) in [5.74, 6) is 3.44. The summed E-state index contributed by atoms with van der Waals surface area (Å²) in [5, 5.41) is 0. The third-order valence-electron chi connectivity index (χ3n) is 2.05.